The first-order valence-electron chi connectivity index (χ1n) is 5.56. The minimum atomic E-state index is -3.60. The van der Waals surface area contributed by atoms with Crippen molar-refractivity contribution in [2.24, 2.45) is 0 Å². The zero-order valence-corrected chi connectivity index (χ0v) is 10.5. The summed E-state index contributed by atoms with van der Waals surface area (Å²) in [5, 5.41) is 11.8. The number of carbonyl (C=O) groups excluding carboxylic acids is 1. The summed E-state index contributed by atoms with van der Waals surface area (Å²) in [5.74, 6) is -0.125. The third kappa shape index (κ3) is 2.62. The van der Waals surface area contributed by atoms with Crippen molar-refractivity contribution in [3.63, 3.8) is 0 Å². The maximum absolute atomic E-state index is 12.3. The van der Waals surface area contributed by atoms with Gasteiger partial charge in [0, 0.05) is 26.1 Å². The van der Waals surface area contributed by atoms with E-state index in [1.807, 2.05) is 0 Å². The van der Waals surface area contributed by atoms with Crippen LogP contribution in [-0.2, 0) is 14.8 Å². The molecule has 98 valence electrons. The number of hydrogen-bond donors (Lipinski definition) is 2. The first-order chi connectivity index (χ1) is 8.50. The van der Waals surface area contributed by atoms with Gasteiger partial charge in [-0.1, -0.05) is 0 Å². The minimum absolute atomic E-state index is 0.0154. The molecule has 0 spiro atoms. The predicted octanol–water partition coefficient (Wildman–Crippen LogP) is -0.0972. The second-order valence-electron chi connectivity index (χ2n) is 4.00. The predicted molar refractivity (Wildman–Crippen MR) is 64.5 cm³/mol. The number of phenolic OH excluding ortho intramolecular Hbond substituents is 1. The van der Waals surface area contributed by atoms with E-state index in [4.69, 9.17) is 5.11 Å². The zero-order chi connectivity index (χ0) is 13.2. The van der Waals surface area contributed by atoms with Gasteiger partial charge in [-0.3, -0.25) is 4.79 Å². The molecule has 1 amide bonds. The SMILES string of the molecule is O=C1CCN(S(=O)(=O)c2ccc(O)cc2)CCN1. The van der Waals surface area contributed by atoms with Crippen LogP contribution in [0.2, 0.25) is 0 Å². The summed E-state index contributed by atoms with van der Waals surface area (Å²) in [6.07, 6.45) is 0.164. The fraction of sp³-hybridized carbons (Fsp3) is 0.364. The van der Waals surface area contributed by atoms with Crippen molar-refractivity contribution in [2.45, 2.75) is 11.3 Å². The lowest BCUT2D eigenvalue weighted by atomic mass is 10.3. The van der Waals surface area contributed by atoms with E-state index in [1.165, 1.54) is 28.6 Å². The molecule has 1 fully saturated rings. The first kappa shape index (κ1) is 12.8. The second kappa shape index (κ2) is 4.95. The van der Waals surface area contributed by atoms with E-state index in [2.05, 4.69) is 5.32 Å². The quantitative estimate of drug-likeness (QED) is 0.786. The third-order valence-corrected chi connectivity index (χ3v) is 4.66. The molecular formula is C11H14N2O4S. The standard InChI is InChI=1S/C11H14N2O4S/c14-9-1-3-10(4-2-9)18(16,17)13-7-5-11(15)12-6-8-13/h1-4,14H,5-8H2,(H,12,15). The van der Waals surface area contributed by atoms with Crippen LogP contribution in [0.4, 0.5) is 0 Å². The Morgan fingerprint density at radius 2 is 1.83 bits per heavy atom. The van der Waals surface area contributed by atoms with Gasteiger partial charge in [0.05, 0.1) is 4.90 Å². The zero-order valence-electron chi connectivity index (χ0n) is 9.67. The van der Waals surface area contributed by atoms with E-state index >= 15 is 0 Å². The molecule has 7 heteroatoms. The molecule has 1 aliphatic rings. The van der Waals surface area contributed by atoms with Crippen LogP contribution in [0.25, 0.3) is 0 Å². The Morgan fingerprint density at radius 3 is 2.50 bits per heavy atom. The van der Waals surface area contributed by atoms with Gasteiger partial charge in [-0.05, 0) is 24.3 Å². The van der Waals surface area contributed by atoms with Crippen LogP contribution < -0.4 is 5.32 Å². The summed E-state index contributed by atoms with van der Waals surface area (Å²) in [6, 6.07) is 5.36. The van der Waals surface area contributed by atoms with Crippen LogP contribution in [0.15, 0.2) is 29.2 Å². The lowest BCUT2D eigenvalue weighted by Gasteiger charge is -2.19. The monoisotopic (exact) mass is 270 g/mol. The van der Waals surface area contributed by atoms with Crippen molar-refractivity contribution in [1.29, 1.82) is 0 Å². The van der Waals surface area contributed by atoms with Gasteiger partial charge in [0.2, 0.25) is 15.9 Å². The molecule has 6 nitrogen and oxygen atoms in total. The van der Waals surface area contributed by atoms with E-state index in [0.29, 0.717) is 6.54 Å². The van der Waals surface area contributed by atoms with Crippen LogP contribution in [0.1, 0.15) is 6.42 Å². The largest absolute Gasteiger partial charge is 0.508 e. The fourth-order valence-corrected chi connectivity index (χ4v) is 3.20. The Balaban J connectivity index is 2.25. The number of benzene rings is 1. The number of sulfonamides is 1. The summed E-state index contributed by atoms with van der Waals surface area (Å²) in [4.78, 5) is 11.3. The average Bonchev–Trinajstić information content (AvgIpc) is 2.55. The number of amides is 1. The first-order valence-corrected chi connectivity index (χ1v) is 7.00. The fourth-order valence-electron chi connectivity index (χ4n) is 1.75. The molecule has 0 bridgehead atoms. The Bertz CT molecular complexity index is 539. The number of aromatic hydroxyl groups is 1. The molecule has 1 saturated heterocycles. The second-order valence-corrected chi connectivity index (χ2v) is 5.94. The van der Waals surface area contributed by atoms with Crippen molar-refractivity contribution < 1.29 is 18.3 Å². The maximum Gasteiger partial charge on any atom is 0.243 e. The molecule has 18 heavy (non-hydrogen) atoms. The average molecular weight is 270 g/mol. The Morgan fingerprint density at radius 1 is 1.17 bits per heavy atom. The number of phenols is 1. The van der Waals surface area contributed by atoms with E-state index in [0.717, 1.165) is 0 Å². The van der Waals surface area contributed by atoms with Gasteiger partial charge in [-0.15, -0.1) is 0 Å². The molecule has 1 aliphatic heterocycles. The van der Waals surface area contributed by atoms with Crippen LogP contribution in [0, 0.1) is 0 Å². The van der Waals surface area contributed by atoms with Crippen molar-refractivity contribution in [3.05, 3.63) is 24.3 Å². The number of nitrogens with zero attached hydrogens (tertiary/aromatic N) is 1. The summed E-state index contributed by atoms with van der Waals surface area (Å²) < 4.78 is 25.8. The highest BCUT2D eigenvalue weighted by Gasteiger charge is 2.26. The van der Waals surface area contributed by atoms with Crippen LogP contribution >= 0.6 is 0 Å². The van der Waals surface area contributed by atoms with Crippen molar-refractivity contribution >= 4 is 15.9 Å². The molecule has 2 rings (SSSR count). The van der Waals surface area contributed by atoms with Crippen molar-refractivity contribution in [2.75, 3.05) is 19.6 Å². The Hall–Kier alpha value is -1.60. The molecule has 0 saturated carbocycles. The molecule has 0 aromatic heterocycles. The Kier molecular flexibility index (Phi) is 3.53. The van der Waals surface area contributed by atoms with Gasteiger partial charge in [0.25, 0.3) is 0 Å². The van der Waals surface area contributed by atoms with E-state index in [-0.39, 0.29) is 36.1 Å². The molecule has 0 unspecified atom stereocenters. The Labute approximate surface area is 105 Å². The summed E-state index contributed by atoms with van der Waals surface area (Å²) >= 11 is 0. The number of carbonyl (C=O) groups is 1. The number of hydrogen-bond acceptors (Lipinski definition) is 4. The summed E-state index contributed by atoms with van der Waals surface area (Å²) in [6.45, 7) is 0.750. The van der Waals surface area contributed by atoms with Crippen LogP contribution in [0.3, 0.4) is 0 Å². The van der Waals surface area contributed by atoms with E-state index < -0.39 is 10.0 Å². The molecule has 0 atom stereocenters. The highest BCUT2D eigenvalue weighted by atomic mass is 32.2. The van der Waals surface area contributed by atoms with Crippen LogP contribution in [0.5, 0.6) is 5.75 Å². The van der Waals surface area contributed by atoms with Gasteiger partial charge in [-0.25, -0.2) is 8.42 Å². The lowest BCUT2D eigenvalue weighted by Crippen LogP contribution is -2.34. The van der Waals surface area contributed by atoms with Gasteiger partial charge < -0.3 is 10.4 Å². The normalized spacial score (nSPS) is 18.1. The minimum Gasteiger partial charge on any atom is -0.508 e. The van der Waals surface area contributed by atoms with Gasteiger partial charge >= 0.3 is 0 Å². The highest BCUT2D eigenvalue weighted by Crippen LogP contribution is 2.19. The number of nitrogens with one attached hydrogen (secondary N) is 1. The molecule has 2 N–H and O–H groups in total. The number of rotatable bonds is 2. The third-order valence-electron chi connectivity index (χ3n) is 2.75. The van der Waals surface area contributed by atoms with E-state index in [1.54, 1.807) is 0 Å². The maximum atomic E-state index is 12.3. The van der Waals surface area contributed by atoms with Gasteiger partial charge in [-0.2, -0.15) is 4.31 Å². The van der Waals surface area contributed by atoms with Crippen molar-refractivity contribution in [1.82, 2.24) is 9.62 Å². The molecule has 0 radical (unpaired) electrons. The summed E-state index contributed by atoms with van der Waals surface area (Å²) in [5.41, 5.74) is 0. The molecule has 1 heterocycles. The van der Waals surface area contributed by atoms with Gasteiger partial charge in [0.1, 0.15) is 5.75 Å². The van der Waals surface area contributed by atoms with E-state index in [9.17, 15) is 13.2 Å². The summed E-state index contributed by atoms with van der Waals surface area (Å²) in [7, 11) is -3.60. The molecule has 1 aromatic rings. The highest BCUT2D eigenvalue weighted by molar-refractivity contribution is 7.89. The smallest absolute Gasteiger partial charge is 0.243 e. The molecular weight excluding hydrogens is 256 g/mol. The molecule has 0 aliphatic carbocycles. The van der Waals surface area contributed by atoms with Gasteiger partial charge in [0.15, 0.2) is 0 Å². The molecule has 1 aromatic carbocycles. The van der Waals surface area contributed by atoms with Crippen LogP contribution in [-0.4, -0.2) is 43.4 Å². The lowest BCUT2D eigenvalue weighted by molar-refractivity contribution is -0.120. The van der Waals surface area contributed by atoms with Crippen molar-refractivity contribution in [3.8, 4) is 5.75 Å². The topological polar surface area (TPSA) is 86.7 Å².